The van der Waals surface area contributed by atoms with Crippen LogP contribution in [0.15, 0.2) is 30.3 Å². The zero-order chi connectivity index (χ0) is 12.1. The maximum Gasteiger partial charge on any atom is 0.0446 e. The summed E-state index contributed by atoms with van der Waals surface area (Å²) >= 11 is 0. The summed E-state index contributed by atoms with van der Waals surface area (Å²) in [6.07, 6.45) is 1.98. The van der Waals surface area contributed by atoms with Crippen LogP contribution in [0.2, 0.25) is 0 Å². The minimum absolute atomic E-state index is 0.257. The van der Waals surface area contributed by atoms with Crippen molar-refractivity contribution in [2.45, 2.75) is 31.8 Å². The molecule has 1 aromatic carbocycles. The number of rotatable bonds is 3. The predicted octanol–water partition coefficient (Wildman–Crippen LogP) is 1.63. The molecule has 1 fully saturated rings. The lowest BCUT2D eigenvalue weighted by molar-refractivity contribution is 0.263. The van der Waals surface area contributed by atoms with Crippen molar-refractivity contribution in [3.05, 3.63) is 30.3 Å². The summed E-state index contributed by atoms with van der Waals surface area (Å²) in [5.74, 6) is 0. The predicted molar refractivity (Wildman–Crippen MR) is 71.4 cm³/mol. The molecule has 0 radical (unpaired) electrons. The van der Waals surface area contributed by atoms with Crippen molar-refractivity contribution in [2.24, 2.45) is 0 Å². The van der Waals surface area contributed by atoms with Crippen LogP contribution in [0.4, 0.5) is 5.69 Å². The van der Waals surface area contributed by atoms with E-state index in [1.165, 1.54) is 5.69 Å². The molecular formula is C14H22N2O. The molecule has 17 heavy (non-hydrogen) atoms. The van der Waals surface area contributed by atoms with Gasteiger partial charge in [0.05, 0.1) is 0 Å². The molecule has 0 saturated carbocycles. The summed E-state index contributed by atoms with van der Waals surface area (Å²) < 4.78 is 0. The van der Waals surface area contributed by atoms with E-state index in [-0.39, 0.29) is 6.61 Å². The standard InChI is InChI=1S/C14H22N2O/c1-12-7-9-16(11-13(15-12)8-10-17)14-5-3-2-4-6-14/h2-6,12-13,15,17H,7-11H2,1H3. The van der Waals surface area contributed by atoms with Gasteiger partial charge in [-0.2, -0.15) is 0 Å². The zero-order valence-corrected chi connectivity index (χ0v) is 10.5. The van der Waals surface area contributed by atoms with E-state index in [0.717, 1.165) is 25.9 Å². The molecule has 1 heterocycles. The molecule has 2 N–H and O–H groups in total. The van der Waals surface area contributed by atoms with Crippen molar-refractivity contribution in [2.75, 3.05) is 24.6 Å². The first-order valence-electron chi connectivity index (χ1n) is 6.46. The van der Waals surface area contributed by atoms with Gasteiger partial charge >= 0.3 is 0 Å². The first-order valence-corrected chi connectivity index (χ1v) is 6.46. The lowest BCUT2D eigenvalue weighted by atomic mass is 10.2. The Labute approximate surface area is 103 Å². The molecule has 0 aromatic heterocycles. The van der Waals surface area contributed by atoms with Crippen molar-refractivity contribution in [1.29, 1.82) is 0 Å². The highest BCUT2D eigenvalue weighted by atomic mass is 16.3. The molecule has 0 bridgehead atoms. The smallest absolute Gasteiger partial charge is 0.0446 e. The third-order valence-corrected chi connectivity index (χ3v) is 3.39. The fraction of sp³-hybridized carbons (Fsp3) is 0.571. The number of hydrogen-bond donors (Lipinski definition) is 2. The first kappa shape index (κ1) is 12.4. The largest absolute Gasteiger partial charge is 0.396 e. The summed E-state index contributed by atoms with van der Waals surface area (Å²) in [6.45, 7) is 4.54. The molecule has 0 aliphatic carbocycles. The third kappa shape index (κ3) is 3.45. The van der Waals surface area contributed by atoms with Gasteiger partial charge < -0.3 is 15.3 Å². The summed E-state index contributed by atoms with van der Waals surface area (Å²) in [6, 6.07) is 11.4. The second kappa shape index (κ2) is 6.03. The van der Waals surface area contributed by atoms with Crippen LogP contribution in [0, 0.1) is 0 Å². The van der Waals surface area contributed by atoms with Crippen LogP contribution < -0.4 is 10.2 Å². The fourth-order valence-corrected chi connectivity index (χ4v) is 2.45. The minimum Gasteiger partial charge on any atom is -0.396 e. The maximum absolute atomic E-state index is 9.09. The van der Waals surface area contributed by atoms with Crippen LogP contribution >= 0.6 is 0 Å². The number of benzene rings is 1. The van der Waals surface area contributed by atoms with Gasteiger partial charge in [-0.15, -0.1) is 0 Å². The average molecular weight is 234 g/mol. The molecule has 0 spiro atoms. The number of aliphatic hydroxyl groups is 1. The highest BCUT2D eigenvalue weighted by molar-refractivity contribution is 5.46. The quantitative estimate of drug-likeness (QED) is 0.834. The van der Waals surface area contributed by atoms with Crippen molar-refractivity contribution in [1.82, 2.24) is 5.32 Å². The van der Waals surface area contributed by atoms with Crippen molar-refractivity contribution < 1.29 is 5.11 Å². The lowest BCUT2D eigenvalue weighted by Gasteiger charge is -2.26. The molecule has 3 heteroatoms. The van der Waals surface area contributed by atoms with Gasteiger partial charge in [-0.05, 0) is 31.9 Å². The Kier molecular flexibility index (Phi) is 4.40. The van der Waals surface area contributed by atoms with Crippen LogP contribution in [0.3, 0.4) is 0 Å². The van der Waals surface area contributed by atoms with E-state index < -0.39 is 0 Å². The van der Waals surface area contributed by atoms with Crippen molar-refractivity contribution in [3.63, 3.8) is 0 Å². The highest BCUT2D eigenvalue weighted by Gasteiger charge is 2.20. The summed E-state index contributed by atoms with van der Waals surface area (Å²) in [5.41, 5.74) is 1.28. The molecule has 94 valence electrons. The van der Waals surface area contributed by atoms with Crippen LogP contribution in [-0.4, -0.2) is 36.9 Å². The number of nitrogens with zero attached hydrogens (tertiary/aromatic N) is 1. The summed E-state index contributed by atoms with van der Waals surface area (Å²) in [5, 5.41) is 12.7. The van der Waals surface area contributed by atoms with E-state index in [9.17, 15) is 0 Å². The SMILES string of the molecule is CC1CCN(c2ccccc2)CC(CCO)N1. The number of anilines is 1. The molecular weight excluding hydrogens is 212 g/mol. The van der Waals surface area contributed by atoms with Crippen molar-refractivity contribution >= 4 is 5.69 Å². The van der Waals surface area contributed by atoms with E-state index in [4.69, 9.17) is 5.11 Å². The van der Waals surface area contributed by atoms with E-state index in [1.807, 2.05) is 6.07 Å². The second-order valence-electron chi connectivity index (χ2n) is 4.85. The molecule has 2 rings (SSSR count). The Balaban J connectivity index is 2.07. The van der Waals surface area contributed by atoms with Gasteiger partial charge in [-0.1, -0.05) is 18.2 Å². The van der Waals surface area contributed by atoms with Gasteiger partial charge in [0.25, 0.3) is 0 Å². The monoisotopic (exact) mass is 234 g/mol. The third-order valence-electron chi connectivity index (χ3n) is 3.39. The van der Waals surface area contributed by atoms with Gasteiger partial charge in [-0.25, -0.2) is 0 Å². The molecule has 3 nitrogen and oxygen atoms in total. The van der Waals surface area contributed by atoms with E-state index >= 15 is 0 Å². The van der Waals surface area contributed by atoms with Crippen LogP contribution in [0.25, 0.3) is 0 Å². The Hall–Kier alpha value is -1.06. The first-order chi connectivity index (χ1) is 8.29. The molecule has 2 unspecified atom stereocenters. The Bertz CT molecular complexity index is 328. The van der Waals surface area contributed by atoms with Gasteiger partial charge in [0.2, 0.25) is 0 Å². The van der Waals surface area contributed by atoms with Crippen molar-refractivity contribution in [3.8, 4) is 0 Å². The molecule has 1 aromatic rings. The summed E-state index contributed by atoms with van der Waals surface area (Å²) in [4.78, 5) is 2.41. The van der Waals surface area contributed by atoms with Gasteiger partial charge in [0.15, 0.2) is 0 Å². The number of nitrogens with one attached hydrogen (secondary N) is 1. The Morgan fingerprint density at radius 2 is 2.12 bits per heavy atom. The topological polar surface area (TPSA) is 35.5 Å². The van der Waals surface area contributed by atoms with Gasteiger partial charge in [0.1, 0.15) is 0 Å². The Morgan fingerprint density at radius 3 is 2.82 bits per heavy atom. The number of aliphatic hydroxyl groups excluding tert-OH is 1. The van der Waals surface area contributed by atoms with Crippen LogP contribution in [0.1, 0.15) is 19.8 Å². The summed E-state index contributed by atoms with van der Waals surface area (Å²) in [7, 11) is 0. The van der Waals surface area contributed by atoms with E-state index in [0.29, 0.717) is 12.1 Å². The molecule has 0 amide bonds. The van der Waals surface area contributed by atoms with E-state index in [1.54, 1.807) is 0 Å². The molecule has 1 saturated heterocycles. The molecule has 1 aliphatic heterocycles. The maximum atomic E-state index is 9.09. The number of para-hydroxylation sites is 1. The fourth-order valence-electron chi connectivity index (χ4n) is 2.45. The van der Waals surface area contributed by atoms with E-state index in [2.05, 4.69) is 41.4 Å². The Morgan fingerprint density at radius 1 is 1.35 bits per heavy atom. The van der Waals surface area contributed by atoms with Crippen LogP contribution in [0.5, 0.6) is 0 Å². The number of hydrogen-bond acceptors (Lipinski definition) is 3. The highest BCUT2D eigenvalue weighted by Crippen LogP contribution is 2.17. The second-order valence-corrected chi connectivity index (χ2v) is 4.85. The van der Waals surface area contributed by atoms with Gasteiger partial charge in [-0.3, -0.25) is 0 Å². The average Bonchev–Trinajstić information content (AvgIpc) is 2.53. The lowest BCUT2D eigenvalue weighted by Crippen LogP contribution is -2.40. The zero-order valence-electron chi connectivity index (χ0n) is 10.5. The normalized spacial score (nSPS) is 25.6. The molecule has 1 aliphatic rings. The van der Waals surface area contributed by atoms with Crippen LogP contribution in [-0.2, 0) is 0 Å². The van der Waals surface area contributed by atoms with Gasteiger partial charge in [0, 0.05) is 37.5 Å². The minimum atomic E-state index is 0.257. The molecule has 2 atom stereocenters.